The van der Waals surface area contributed by atoms with E-state index in [0.29, 0.717) is 16.8 Å². The quantitative estimate of drug-likeness (QED) is 0.523. The zero-order chi connectivity index (χ0) is 13.1. The third kappa shape index (κ3) is 2.72. The molecule has 0 spiro atoms. The van der Waals surface area contributed by atoms with Gasteiger partial charge in [-0.2, -0.15) is 0 Å². The molecule has 1 N–H and O–H groups in total. The van der Waals surface area contributed by atoms with Crippen LogP contribution >= 0.6 is 11.6 Å². The summed E-state index contributed by atoms with van der Waals surface area (Å²) >= 11 is 5.73. The molecule has 1 aromatic heterocycles. The van der Waals surface area contributed by atoms with Gasteiger partial charge in [0.25, 0.3) is 5.69 Å². The minimum Gasteiger partial charge on any atom is -0.324 e. The molecule has 0 amide bonds. The fourth-order valence-corrected chi connectivity index (χ4v) is 1.51. The Labute approximate surface area is 108 Å². The number of aryl methyl sites for hydroxylation is 1. The van der Waals surface area contributed by atoms with Crippen molar-refractivity contribution in [2.24, 2.45) is 0 Å². The lowest BCUT2D eigenvalue weighted by Crippen LogP contribution is -1.99. The molecule has 0 saturated heterocycles. The molecule has 2 aromatic rings. The van der Waals surface area contributed by atoms with Crippen molar-refractivity contribution in [3.05, 3.63) is 51.3 Å². The molecule has 0 atom stereocenters. The fraction of sp³-hybridized carbons (Fsp3) is 0.0909. The molecule has 7 heteroatoms. The van der Waals surface area contributed by atoms with Crippen molar-refractivity contribution in [3.63, 3.8) is 0 Å². The van der Waals surface area contributed by atoms with E-state index >= 15 is 0 Å². The van der Waals surface area contributed by atoms with E-state index in [1.807, 2.05) is 6.92 Å². The maximum Gasteiger partial charge on any atom is 0.271 e. The number of benzene rings is 1. The number of nitrogens with zero attached hydrogens (tertiary/aromatic N) is 3. The fourth-order valence-electron chi connectivity index (χ4n) is 1.38. The monoisotopic (exact) mass is 264 g/mol. The lowest BCUT2D eigenvalue weighted by molar-refractivity contribution is -0.384. The van der Waals surface area contributed by atoms with E-state index in [1.54, 1.807) is 12.1 Å². The standard InChI is InChI=1S/C11H9ClN4O2/c1-7-2-3-8(16(17)18)6-9(7)14-11-13-5-4-10(12)15-11/h2-6H,1H3,(H,13,14,15). The van der Waals surface area contributed by atoms with Crippen molar-refractivity contribution < 1.29 is 4.92 Å². The molecule has 0 fully saturated rings. The first-order valence-corrected chi connectivity index (χ1v) is 5.44. The van der Waals surface area contributed by atoms with Gasteiger partial charge in [-0.05, 0) is 18.6 Å². The highest BCUT2D eigenvalue weighted by Crippen LogP contribution is 2.24. The van der Waals surface area contributed by atoms with Crippen LogP contribution in [0.2, 0.25) is 5.15 Å². The van der Waals surface area contributed by atoms with Gasteiger partial charge >= 0.3 is 0 Å². The van der Waals surface area contributed by atoms with Gasteiger partial charge in [0.05, 0.1) is 10.6 Å². The molecule has 0 aliphatic rings. The van der Waals surface area contributed by atoms with Crippen LogP contribution in [0.1, 0.15) is 5.56 Å². The number of nitro benzene ring substituents is 1. The van der Waals surface area contributed by atoms with E-state index in [9.17, 15) is 10.1 Å². The Hall–Kier alpha value is -2.21. The summed E-state index contributed by atoms with van der Waals surface area (Å²) in [5.41, 5.74) is 1.43. The predicted octanol–water partition coefficient (Wildman–Crippen LogP) is 3.09. The number of rotatable bonds is 3. The van der Waals surface area contributed by atoms with Crippen LogP contribution in [0.15, 0.2) is 30.5 Å². The van der Waals surface area contributed by atoms with E-state index in [2.05, 4.69) is 15.3 Å². The Morgan fingerprint density at radius 1 is 1.39 bits per heavy atom. The average molecular weight is 265 g/mol. The lowest BCUT2D eigenvalue weighted by Gasteiger charge is -2.07. The Kier molecular flexibility index (Phi) is 3.38. The van der Waals surface area contributed by atoms with Gasteiger partial charge in [0.1, 0.15) is 5.15 Å². The molecule has 0 aliphatic carbocycles. The number of hydrogen-bond acceptors (Lipinski definition) is 5. The summed E-state index contributed by atoms with van der Waals surface area (Å²) in [5.74, 6) is 0.297. The highest BCUT2D eigenvalue weighted by molar-refractivity contribution is 6.29. The summed E-state index contributed by atoms with van der Waals surface area (Å²) in [7, 11) is 0. The van der Waals surface area contributed by atoms with Gasteiger partial charge in [-0.15, -0.1) is 0 Å². The van der Waals surface area contributed by atoms with Gasteiger partial charge < -0.3 is 5.32 Å². The maximum absolute atomic E-state index is 10.7. The lowest BCUT2D eigenvalue weighted by atomic mass is 10.2. The van der Waals surface area contributed by atoms with Gasteiger partial charge in [-0.1, -0.05) is 17.7 Å². The van der Waals surface area contributed by atoms with Crippen LogP contribution in [-0.2, 0) is 0 Å². The second-order valence-corrected chi connectivity index (χ2v) is 3.97. The number of hydrogen-bond donors (Lipinski definition) is 1. The van der Waals surface area contributed by atoms with Crippen molar-refractivity contribution >= 4 is 28.9 Å². The highest BCUT2D eigenvalue weighted by Gasteiger charge is 2.09. The zero-order valence-electron chi connectivity index (χ0n) is 9.42. The molecule has 18 heavy (non-hydrogen) atoms. The molecule has 2 rings (SSSR count). The molecular weight excluding hydrogens is 256 g/mol. The third-order valence-corrected chi connectivity index (χ3v) is 2.51. The minimum absolute atomic E-state index is 0.00475. The first kappa shape index (κ1) is 12.3. The molecule has 0 bridgehead atoms. The summed E-state index contributed by atoms with van der Waals surface area (Å²) < 4.78 is 0. The smallest absolute Gasteiger partial charge is 0.271 e. The SMILES string of the molecule is Cc1ccc([N+](=O)[O-])cc1Nc1nccc(Cl)n1. The van der Waals surface area contributed by atoms with Crippen LogP contribution in [0.5, 0.6) is 0 Å². The van der Waals surface area contributed by atoms with Crippen molar-refractivity contribution in [1.29, 1.82) is 0 Å². The Balaban J connectivity index is 2.33. The summed E-state index contributed by atoms with van der Waals surface area (Å²) in [6, 6.07) is 6.08. The number of halogens is 1. The average Bonchev–Trinajstić information content (AvgIpc) is 2.31. The number of anilines is 2. The topological polar surface area (TPSA) is 81.0 Å². The summed E-state index contributed by atoms with van der Waals surface area (Å²) in [6.07, 6.45) is 1.50. The van der Waals surface area contributed by atoms with Gasteiger partial charge in [-0.25, -0.2) is 9.97 Å². The second-order valence-electron chi connectivity index (χ2n) is 3.58. The molecule has 0 unspecified atom stereocenters. The van der Waals surface area contributed by atoms with Crippen LogP contribution in [0.3, 0.4) is 0 Å². The number of non-ortho nitro benzene ring substituents is 1. The summed E-state index contributed by atoms with van der Waals surface area (Å²) in [4.78, 5) is 18.2. The Bertz CT molecular complexity index is 603. The normalized spacial score (nSPS) is 10.1. The molecule has 0 aliphatic heterocycles. The van der Waals surface area contributed by atoms with Gasteiger partial charge in [0.15, 0.2) is 0 Å². The molecule has 1 aromatic carbocycles. The van der Waals surface area contributed by atoms with E-state index in [1.165, 1.54) is 18.3 Å². The van der Waals surface area contributed by atoms with Crippen molar-refractivity contribution in [2.45, 2.75) is 6.92 Å². The molecule has 92 valence electrons. The minimum atomic E-state index is -0.455. The number of aromatic nitrogens is 2. The van der Waals surface area contributed by atoms with Crippen LogP contribution in [0.4, 0.5) is 17.3 Å². The first-order chi connectivity index (χ1) is 8.56. The molecule has 6 nitrogen and oxygen atoms in total. The van der Waals surface area contributed by atoms with Crippen LogP contribution < -0.4 is 5.32 Å². The van der Waals surface area contributed by atoms with Crippen LogP contribution in [-0.4, -0.2) is 14.9 Å². The van der Waals surface area contributed by atoms with Gasteiger partial charge in [-0.3, -0.25) is 10.1 Å². The predicted molar refractivity (Wildman–Crippen MR) is 68.2 cm³/mol. The van der Waals surface area contributed by atoms with E-state index < -0.39 is 4.92 Å². The second kappa shape index (κ2) is 4.97. The largest absolute Gasteiger partial charge is 0.324 e. The van der Waals surface area contributed by atoms with Crippen molar-refractivity contribution in [3.8, 4) is 0 Å². The maximum atomic E-state index is 10.7. The molecular formula is C11H9ClN4O2. The van der Waals surface area contributed by atoms with E-state index in [0.717, 1.165) is 5.56 Å². The number of nitrogens with one attached hydrogen (secondary N) is 1. The number of nitro groups is 1. The molecule has 0 saturated carbocycles. The Morgan fingerprint density at radius 3 is 2.83 bits per heavy atom. The van der Waals surface area contributed by atoms with Gasteiger partial charge in [0.2, 0.25) is 5.95 Å². The summed E-state index contributed by atoms with van der Waals surface area (Å²) in [6.45, 7) is 1.83. The Morgan fingerprint density at radius 2 is 2.17 bits per heavy atom. The van der Waals surface area contributed by atoms with Crippen molar-refractivity contribution in [1.82, 2.24) is 9.97 Å². The first-order valence-electron chi connectivity index (χ1n) is 5.07. The zero-order valence-corrected chi connectivity index (χ0v) is 10.2. The molecule has 0 radical (unpaired) electrons. The summed E-state index contributed by atoms with van der Waals surface area (Å²) in [5, 5.41) is 13.9. The van der Waals surface area contributed by atoms with E-state index in [4.69, 9.17) is 11.6 Å². The van der Waals surface area contributed by atoms with Crippen LogP contribution in [0, 0.1) is 17.0 Å². The van der Waals surface area contributed by atoms with Gasteiger partial charge in [0, 0.05) is 18.3 Å². The highest BCUT2D eigenvalue weighted by atomic mass is 35.5. The van der Waals surface area contributed by atoms with Crippen LogP contribution in [0.25, 0.3) is 0 Å². The van der Waals surface area contributed by atoms with E-state index in [-0.39, 0.29) is 5.69 Å². The van der Waals surface area contributed by atoms with Crippen molar-refractivity contribution in [2.75, 3.05) is 5.32 Å². The third-order valence-electron chi connectivity index (χ3n) is 2.30. The molecule has 1 heterocycles.